The van der Waals surface area contributed by atoms with Crippen molar-refractivity contribution in [3.8, 4) is 0 Å². The van der Waals surface area contributed by atoms with Gasteiger partial charge in [-0.2, -0.15) is 0 Å². The first-order valence-electron chi connectivity index (χ1n) is 7.62. The summed E-state index contributed by atoms with van der Waals surface area (Å²) >= 11 is 5.26. The van der Waals surface area contributed by atoms with E-state index in [1.54, 1.807) is 0 Å². The number of benzene rings is 1. The Hall–Kier alpha value is -0.560. The van der Waals surface area contributed by atoms with Crippen molar-refractivity contribution in [1.82, 2.24) is 10.2 Å². The number of amides is 1. The van der Waals surface area contributed by atoms with Crippen molar-refractivity contribution in [2.45, 2.75) is 24.3 Å². The minimum absolute atomic E-state index is 0.209. The molecule has 1 aliphatic heterocycles. The summed E-state index contributed by atoms with van der Waals surface area (Å²) in [6.45, 7) is 5.76. The molecule has 0 aliphatic carbocycles. The van der Waals surface area contributed by atoms with Crippen molar-refractivity contribution in [3.63, 3.8) is 0 Å². The van der Waals surface area contributed by atoms with Crippen molar-refractivity contribution in [2.24, 2.45) is 0 Å². The standard InChI is InChI=1S/C16H23BrN2O2S/c1-13(12-16(20)19-7-9-21-10-8-19)18-6-11-22-15-4-2-14(17)3-5-15/h2-5,13,18H,6-12H2,1H3/t13-/m0/s1. The van der Waals surface area contributed by atoms with Gasteiger partial charge in [-0.05, 0) is 31.2 Å². The van der Waals surface area contributed by atoms with Gasteiger partial charge in [-0.25, -0.2) is 0 Å². The van der Waals surface area contributed by atoms with Crippen LogP contribution in [0.3, 0.4) is 0 Å². The number of halogens is 1. The van der Waals surface area contributed by atoms with Crippen LogP contribution in [0.1, 0.15) is 13.3 Å². The van der Waals surface area contributed by atoms with Crippen LogP contribution in [0, 0.1) is 0 Å². The lowest BCUT2D eigenvalue weighted by Gasteiger charge is -2.28. The van der Waals surface area contributed by atoms with Gasteiger partial charge in [-0.3, -0.25) is 4.79 Å². The third kappa shape index (κ3) is 6.28. The van der Waals surface area contributed by atoms with Crippen LogP contribution in [0.5, 0.6) is 0 Å². The first-order valence-corrected chi connectivity index (χ1v) is 9.40. The van der Waals surface area contributed by atoms with Crippen LogP contribution in [0.25, 0.3) is 0 Å². The summed E-state index contributed by atoms with van der Waals surface area (Å²) in [5.41, 5.74) is 0. The van der Waals surface area contributed by atoms with E-state index in [0.29, 0.717) is 19.6 Å². The highest BCUT2D eigenvalue weighted by atomic mass is 79.9. The third-order valence-corrected chi connectivity index (χ3v) is 5.06. The molecule has 1 atom stereocenters. The highest BCUT2D eigenvalue weighted by Crippen LogP contribution is 2.20. The molecule has 22 heavy (non-hydrogen) atoms. The molecule has 4 nitrogen and oxygen atoms in total. The molecule has 0 saturated carbocycles. The number of thioether (sulfide) groups is 1. The minimum atomic E-state index is 0.209. The molecule has 1 N–H and O–H groups in total. The third-order valence-electron chi connectivity index (χ3n) is 3.52. The second-order valence-corrected chi connectivity index (χ2v) is 7.44. The Labute approximate surface area is 145 Å². The zero-order valence-electron chi connectivity index (χ0n) is 12.9. The van der Waals surface area contributed by atoms with Gasteiger partial charge in [-0.1, -0.05) is 15.9 Å². The van der Waals surface area contributed by atoms with E-state index < -0.39 is 0 Å². The Morgan fingerprint density at radius 2 is 2.05 bits per heavy atom. The number of nitrogens with one attached hydrogen (secondary N) is 1. The largest absolute Gasteiger partial charge is 0.378 e. The molecule has 1 heterocycles. The van der Waals surface area contributed by atoms with E-state index in [-0.39, 0.29) is 11.9 Å². The number of ether oxygens (including phenoxy) is 1. The monoisotopic (exact) mass is 386 g/mol. The molecule has 0 radical (unpaired) electrons. The van der Waals surface area contributed by atoms with Gasteiger partial charge >= 0.3 is 0 Å². The van der Waals surface area contributed by atoms with Crippen LogP contribution in [0.4, 0.5) is 0 Å². The van der Waals surface area contributed by atoms with Gasteiger partial charge in [0.2, 0.25) is 5.91 Å². The Bertz CT molecular complexity index is 464. The summed E-state index contributed by atoms with van der Waals surface area (Å²) < 4.78 is 6.37. The SMILES string of the molecule is C[C@@H](CC(=O)N1CCOCC1)NCCSc1ccc(Br)cc1. The highest BCUT2D eigenvalue weighted by molar-refractivity contribution is 9.10. The van der Waals surface area contributed by atoms with Crippen molar-refractivity contribution in [2.75, 3.05) is 38.6 Å². The number of nitrogens with zero attached hydrogens (tertiary/aromatic N) is 1. The number of hydrogen-bond acceptors (Lipinski definition) is 4. The summed E-state index contributed by atoms with van der Waals surface area (Å²) in [7, 11) is 0. The fraction of sp³-hybridized carbons (Fsp3) is 0.562. The van der Waals surface area contributed by atoms with Crippen molar-refractivity contribution in [1.29, 1.82) is 0 Å². The zero-order chi connectivity index (χ0) is 15.8. The molecule has 1 saturated heterocycles. The van der Waals surface area contributed by atoms with Gasteiger partial charge in [0.25, 0.3) is 0 Å². The average molecular weight is 387 g/mol. The molecule has 1 fully saturated rings. The summed E-state index contributed by atoms with van der Waals surface area (Å²) in [5, 5.41) is 3.43. The van der Waals surface area contributed by atoms with Crippen molar-refractivity contribution >= 4 is 33.6 Å². The number of morpholine rings is 1. The van der Waals surface area contributed by atoms with Gasteiger partial charge in [0.15, 0.2) is 0 Å². The summed E-state index contributed by atoms with van der Waals surface area (Å²) in [5.74, 6) is 1.22. The minimum Gasteiger partial charge on any atom is -0.378 e. The maximum absolute atomic E-state index is 12.1. The van der Waals surface area contributed by atoms with Crippen LogP contribution < -0.4 is 5.32 Å². The Kier molecular flexibility index (Phi) is 7.72. The highest BCUT2D eigenvalue weighted by Gasteiger charge is 2.18. The molecule has 0 unspecified atom stereocenters. The predicted octanol–water partition coefficient (Wildman–Crippen LogP) is 2.77. The molecule has 2 rings (SSSR count). The van der Waals surface area contributed by atoms with Crippen LogP contribution in [0.2, 0.25) is 0 Å². The number of hydrogen-bond donors (Lipinski definition) is 1. The zero-order valence-corrected chi connectivity index (χ0v) is 15.3. The first kappa shape index (κ1) is 17.8. The van der Waals surface area contributed by atoms with E-state index in [9.17, 15) is 4.79 Å². The van der Waals surface area contributed by atoms with Crippen LogP contribution >= 0.6 is 27.7 Å². The normalized spacial score (nSPS) is 16.5. The van der Waals surface area contributed by atoms with Gasteiger partial charge in [0, 0.05) is 47.2 Å². The van der Waals surface area contributed by atoms with Gasteiger partial charge in [0.1, 0.15) is 0 Å². The lowest BCUT2D eigenvalue weighted by atomic mass is 10.2. The smallest absolute Gasteiger partial charge is 0.224 e. The molecule has 1 aromatic rings. The molecule has 1 aromatic carbocycles. The second-order valence-electron chi connectivity index (χ2n) is 5.35. The van der Waals surface area contributed by atoms with Crippen molar-refractivity contribution in [3.05, 3.63) is 28.7 Å². The molecular formula is C16H23BrN2O2S. The molecule has 6 heteroatoms. The first-order chi connectivity index (χ1) is 10.6. The van der Waals surface area contributed by atoms with E-state index in [1.807, 2.05) is 16.7 Å². The number of carbonyl (C=O) groups is 1. The van der Waals surface area contributed by atoms with Gasteiger partial charge < -0.3 is 15.0 Å². The lowest BCUT2D eigenvalue weighted by molar-refractivity contribution is -0.135. The quantitative estimate of drug-likeness (QED) is 0.577. The number of carbonyl (C=O) groups excluding carboxylic acids is 1. The Morgan fingerprint density at radius 1 is 1.36 bits per heavy atom. The fourth-order valence-corrected chi connectivity index (χ4v) is 3.33. The lowest BCUT2D eigenvalue weighted by Crippen LogP contribution is -2.43. The van der Waals surface area contributed by atoms with Gasteiger partial charge in [-0.15, -0.1) is 11.8 Å². The molecular weight excluding hydrogens is 364 g/mol. The Morgan fingerprint density at radius 3 is 2.73 bits per heavy atom. The van der Waals surface area contributed by atoms with Crippen molar-refractivity contribution < 1.29 is 9.53 Å². The molecule has 0 spiro atoms. The molecule has 1 aliphatic rings. The van der Waals surface area contributed by atoms with Crippen LogP contribution in [-0.2, 0) is 9.53 Å². The van der Waals surface area contributed by atoms with E-state index >= 15 is 0 Å². The summed E-state index contributed by atoms with van der Waals surface area (Å²) in [6.07, 6.45) is 0.558. The summed E-state index contributed by atoms with van der Waals surface area (Å²) in [4.78, 5) is 15.3. The maximum Gasteiger partial charge on any atom is 0.224 e. The Balaban J connectivity index is 1.59. The summed E-state index contributed by atoms with van der Waals surface area (Å²) in [6, 6.07) is 8.54. The maximum atomic E-state index is 12.1. The van der Waals surface area contributed by atoms with E-state index in [4.69, 9.17) is 4.74 Å². The fourth-order valence-electron chi connectivity index (χ4n) is 2.28. The molecule has 122 valence electrons. The second kappa shape index (κ2) is 9.55. The van der Waals surface area contributed by atoms with Crippen LogP contribution in [0.15, 0.2) is 33.6 Å². The molecule has 1 amide bonds. The van der Waals surface area contributed by atoms with E-state index in [1.165, 1.54) is 4.90 Å². The molecule has 0 aromatic heterocycles. The average Bonchev–Trinajstić information content (AvgIpc) is 2.54. The van der Waals surface area contributed by atoms with E-state index in [2.05, 4.69) is 52.4 Å². The predicted molar refractivity (Wildman–Crippen MR) is 94.3 cm³/mol. The van der Waals surface area contributed by atoms with E-state index in [0.717, 1.165) is 29.9 Å². The van der Waals surface area contributed by atoms with Gasteiger partial charge in [0.05, 0.1) is 13.2 Å². The topological polar surface area (TPSA) is 41.6 Å². The van der Waals surface area contributed by atoms with Crippen LogP contribution in [-0.4, -0.2) is 55.4 Å². The molecule has 0 bridgehead atoms. The number of rotatable bonds is 7.